The van der Waals surface area contributed by atoms with Crippen LogP contribution in [0.1, 0.15) is 24.8 Å². The van der Waals surface area contributed by atoms with Gasteiger partial charge in [-0.2, -0.15) is 11.8 Å². The van der Waals surface area contributed by atoms with Crippen molar-refractivity contribution in [3.05, 3.63) is 35.4 Å². The third kappa shape index (κ3) is 4.20. The molecule has 0 unspecified atom stereocenters. The van der Waals surface area contributed by atoms with Crippen molar-refractivity contribution in [1.82, 2.24) is 0 Å². The number of halogens is 2. The van der Waals surface area contributed by atoms with Gasteiger partial charge in [0.15, 0.2) is 0 Å². The maximum absolute atomic E-state index is 13.0. The fourth-order valence-electron chi connectivity index (χ4n) is 2.01. The Morgan fingerprint density at radius 1 is 1.32 bits per heavy atom. The number of thioether (sulfide) groups is 1. The summed E-state index contributed by atoms with van der Waals surface area (Å²) in [6.07, 6.45) is 2.48. The maximum atomic E-state index is 13.0. The van der Waals surface area contributed by atoms with Crippen LogP contribution in [0.4, 0.5) is 8.78 Å². The molecular formula is C14H16F2O2S. The number of carbonyl (C=O) groups is 1. The van der Waals surface area contributed by atoms with E-state index in [0.717, 1.165) is 24.7 Å². The molecule has 1 aromatic carbocycles. The monoisotopic (exact) mass is 286 g/mol. The Hall–Kier alpha value is -1.10. The van der Waals surface area contributed by atoms with Gasteiger partial charge in [-0.1, -0.05) is 0 Å². The minimum absolute atomic E-state index is 0.0453. The van der Waals surface area contributed by atoms with Crippen molar-refractivity contribution in [1.29, 1.82) is 0 Å². The summed E-state index contributed by atoms with van der Waals surface area (Å²) in [5, 5.41) is 0. The van der Waals surface area contributed by atoms with Gasteiger partial charge >= 0.3 is 5.97 Å². The predicted molar refractivity (Wildman–Crippen MR) is 70.8 cm³/mol. The molecule has 19 heavy (non-hydrogen) atoms. The van der Waals surface area contributed by atoms with Crippen molar-refractivity contribution in [2.24, 2.45) is 5.41 Å². The number of benzene rings is 1. The number of rotatable bonds is 6. The first-order valence-corrected chi connectivity index (χ1v) is 7.28. The fraction of sp³-hybridized carbons (Fsp3) is 0.500. The molecule has 0 amide bonds. The highest BCUT2D eigenvalue weighted by Gasteiger charge is 2.44. The Kier molecular flexibility index (Phi) is 4.45. The summed E-state index contributed by atoms with van der Waals surface area (Å²) in [7, 11) is 1.39. The van der Waals surface area contributed by atoms with Crippen molar-refractivity contribution in [3.63, 3.8) is 0 Å². The molecule has 1 saturated carbocycles. The van der Waals surface area contributed by atoms with E-state index in [2.05, 4.69) is 4.74 Å². The van der Waals surface area contributed by atoms with Gasteiger partial charge in [-0.25, -0.2) is 8.78 Å². The van der Waals surface area contributed by atoms with Crippen molar-refractivity contribution in [2.75, 3.05) is 12.9 Å². The van der Waals surface area contributed by atoms with E-state index in [1.54, 1.807) is 11.8 Å². The molecule has 1 fully saturated rings. The molecule has 0 atom stereocenters. The average molecular weight is 286 g/mol. The van der Waals surface area contributed by atoms with E-state index in [0.29, 0.717) is 17.7 Å². The molecule has 0 N–H and O–H groups in total. The summed E-state index contributed by atoms with van der Waals surface area (Å²) >= 11 is 1.60. The van der Waals surface area contributed by atoms with E-state index in [1.807, 2.05) is 0 Å². The lowest BCUT2D eigenvalue weighted by Crippen LogP contribution is -2.13. The minimum atomic E-state index is -0.550. The summed E-state index contributed by atoms with van der Waals surface area (Å²) in [4.78, 5) is 11.3. The number of ether oxygens (including phenoxy) is 1. The van der Waals surface area contributed by atoms with E-state index in [9.17, 15) is 13.6 Å². The van der Waals surface area contributed by atoms with E-state index in [1.165, 1.54) is 19.2 Å². The highest BCUT2D eigenvalue weighted by atomic mass is 32.2. The second-order valence-electron chi connectivity index (χ2n) is 5.02. The van der Waals surface area contributed by atoms with Crippen LogP contribution in [0.5, 0.6) is 0 Å². The van der Waals surface area contributed by atoms with Crippen LogP contribution in [0.15, 0.2) is 18.2 Å². The van der Waals surface area contributed by atoms with Gasteiger partial charge in [0.2, 0.25) is 0 Å². The van der Waals surface area contributed by atoms with Gasteiger partial charge < -0.3 is 4.74 Å². The third-order valence-electron chi connectivity index (χ3n) is 3.30. The van der Waals surface area contributed by atoms with Gasteiger partial charge in [0.1, 0.15) is 11.6 Å². The molecular weight excluding hydrogens is 270 g/mol. The standard InChI is InChI=1S/C14H16F2O2S/c1-18-13(17)7-14(2-3-14)9-19-8-10-4-11(15)6-12(16)5-10/h4-6H,2-3,7-9H2,1H3. The summed E-state index contributed by atoms with van der Waals surface area (Å²) in [5.41, 5.74) is 0.681. The molecule has 2 nitrogen and oxygen atoms in total. The molecule has 0 aliphatic heterocycles. The summed E-state index contributed by atoms with van der Waals surface area (Å²) in [6, 6.07) is 3.56. The molecule has 104 valence electrons. The average Bonchev–Trinajstić information content (AvgIpc) is 3.07. The van der Waals surface area contributed by atoms with Crippen molar-refractivity contribution in [3.8, 4) is 0 Å². The third-order valence-corrected chi connectivity index (χ3v) is 4.66. The quantitative estimate of drug-likeness (QED) is 0.748. The van der Waals surface area contributed by atoms with E-state index in [4.69, 9.17) is 0 Å². The summed E-state index contributed by atoms with van der Waals surface area (Å²) < 4.78 is 30.7. The lowest BCUT2D eigenvalue weighted by molar-refractivity contribution is -0.141. The van der Waals surface area contributed by atoms with Crippen LogP contribution in [0.25, 0.3) is 0 Å². The fourth-order valence-corrected chi connectivity index (χ4v) is 3.34. The second-order valence-corrected chi connectivity index (χ2v) is 6.01. The molecule has 0 radical (unpaired) electrons. The first-order chi connectivity index (χ1) is 9.03. The predicted octanol–water partition coefficient (Wildman–Crippen LogP) is 3.54. The van der Waals surface area contributed by atoms with Gasteiger partial charge in [-0.15, -0.1) is 0 Å². The Labute approximate surface area is 115 Å². The van der Waals surface area contributed by atoms with Crippen LogP contribution in [0, 0.1) is 17.0 Å². The van der Waals surface area contributed by atoms with Crippen molar-refractivity contribution < 1.29 is 18.3 Å². The first-order valence-electron chi connectivity index (χ1n) is 6.13. The lowest BCUT2D eigenvalue weighted by Gasteiger charge is -2.13. The molecule has 0 saturated heterocycles. The van der Waals surface area contributed by atoms with Gasteiger partial charge in [-0.05, 0) is 41.7 Å². The molecule has 1 aliphatic carbocycles. The van der Waals surface area contributed by atoms with E-state index in [-0.39, 0.29) is 11.4 Å². The van der Waals surface area contributed by atoms with Crippen LogP contribution in [-0.2, 0) is 15.3 Å². The topological polar surface area (TPSA) is 26.3 Å². The minimum Gasteiger partial charge on any atom is -0.469 e. The van der Waals surface area contributed by atoms with E-state index >= 15 is 0 Å². The normalized spacial score (nSPS) is 16.2. The molecule has 1 aliphatic rings. The Morgan fingerprint density at radius 2 is 1.95 bits per heavy atom. The zero-order chi connectivity index (χ0) is 13.9. The molecule has 0 spiro atoms. The summed E-state index contributed by atoms with van der Waals surface area (Å²) in [6.45, 7) is 0. The number of hydrogen-bond donors (Lipinski definition) is 0. The van der Waals surface area contributed by atoms with Crippen LogP contribution in [0.3, 0.4) is 0 Å². The number of methoxy groups -OCH3 is 1. The van der Waals surface area contributed by atoms with Gasteiger partial charge in [0.05, 0.1) is 13.5 Å². The maximum Gasteiger partial charge on any atom is 0.306 e. The Morgan fingerprint density at radius 3 is 2.47 bits per heavy atom. The zero-order valence-corrected chi connectivity index (χ0v) is 11.6. The van der Waals surface area contributed by atoms with Gasteiger partial charge in [-0.3, -0.25) is 4.79 Å². The highest BCUT2D eigenvalue weighted by molar-refractivity contribution is 7.98. The summed E-state index contributed by atoms with van der Waals surface area (Å²) in [5.74, 6) is 0.0881. The van der Waals surface area contributed by atoms with Crippen molar-refractivity contribution >= 4 is 17.7 Å². The van der Waals surface area contributed by atoms with E-state index < -0.39 is 11.6 Å². The lowest BCUT2D eigenvalue weighted by atomic mass is 10.1. The highest BCUT2D eigenvalue weighted by Crippen LogP contribution is 2.51. The molecule has 0 aromatic heterocycles. The zero-order valence-electron chi connectivity index (χ0n) is 10.7. The SMILES string of the molecule is COC(=O)CC1(CSCc2cc(F)cc(F)c2)CC1. The van der Waals surface area contributed by atoms with Crippen LogP contribution < -0.4 is 0 Å². The number of esters is 1. The van der Waals surface area contributed by atoms with Crippen LogP contribution in [0.2, 0.25) is 0 Å². The molecule has 0 heterocycles. The van der Waals surface area contributed by atoms with Gasteiger partial charge in [0, 0.05) is 11.8 Å². The van der Waals surface area contributed by atoms with Crippen LogP contribution in [-0.4, -0.2) is 18.8 Å². The second kappa shape index (κ2) is 5.90. The Bertz CT molecular complexity index is 452. The number of carbonyl (C=O) groups excluding carboxylic acids is 1. The number of hydrogen-bond acceptors (Lipinski definition) is 3. The van der Waals surface area contributed by atoms with Crippen LogP contribution >= 0.6 is 11.8 Å². The Balaban J connectivity index is 1.82. The molecule has 0 bridgehead atoms. The van der Waals surface area contributed by atoms with Crippen molar-refractivity contribution in [2.45, 2.75) is 25.0 Å². The molecule has 1 aromatic rings. The molecule has 5 heteroatoms. The molecule has 2 rings (SSSR count). The first kappa shape index (κ1) is 14.3. The smallest absolute Gasteiger partial charge is 0.306 e. The largest absolute Gasteiger partial charge is 0.469 e. The van der Waals surface area contributed by atoms with Gasteiger partial charge in [0.25, 0.3) is 0 Å².